The van der Waals surface area contributed by atoms with Gasteiger partial charge in [0, 0.05) is 45.7 Å². The number of aromatic amines is 1. The zero-order valence-corrected chi connectivity index (χ0v) is 14.0. The number of hydrogen-bond donors (Lipinski definition) is 1. The summed E-state index contributed by atoms with van der Waals surface area (Å²) in [6, 6.07) is 9.62. The summed E-state index contributed by atoms with van der Waals surface area (Å²) in [5.74, 6) is -0.0105. The number of aromatic nitrogens is 1. The standard InChI is InChI=1S/C19H17ClFNO2/c1-2-7-24-19-10-14(21)5-3-12(19)8-18(23)16-11-22-17-9-13(20)4-6-15(16)17/h3-6,9-11,22H,2,7-8H2,1H3. The van der Waals surface area contributed by atoms with Crippen LogP contribution in [0.15, 0.2) is 42.6 Å². The van der Waals surface area contributed by atoms with Crippen LogP contribution in [-0.4, -0.2) is 17.4 Å². The first-order valence-corrected chi connectivity index (χ1v) is 8.17. The van der Waals surface area contributed by atoms with Crippen LogP contribution in [0.4, 0.5) is 4.39 Å². The monoisotopic (exact) mass is 345 g/mol. The van der Waals surface area contributed by atoms with Crippen LogP contribution in [0.5, 0.6) is 5.75 Å². The Kier molecular flexibility index (Phi) is 4.86. The largest absolute Gasteiger partial charge is 0.493 e. The molecule has 0 atom stereocenters. The van der Waals surface area contributed by atoms with Gasteiger partial charge in [-0.05, 0) is 24.6 Å². The fraction of sp³-hybridized carbons (Fsp3) is 0.211. The highest BCUT2D eigenvalue weighted by molar-refractivity contribution is 6.31. The summed E-state index contributed by atoms with van der Waals surface area (Å²) < 4.78 is 19.0. The van der Waals surface area contributed by atoms with Crippen LogP contribution in [0.1, 0.15) is 29.3 Å². The van der Waals surface area contributed by atoms with Gasteiger partial charge in [0.2, 0.25) is 0 Å². The Labute approximate surface area is 144 Å². The molecule has 3 rings (SSSR count). The fourth-order valence-electron chi connectivity index (χ4n) is 2.62. The van der Waals surface area contributed by atoms with E-state index in [1.54, 1.807) is 24.4 Å². The molecule has 5 heteroatoms. The second-order valence-corrected chi connectivity index (χ2v) is 6.03. The highest BCUT2D eigenvalue weighted by Crippen LogP contribution is 2.26. The molecular weight excluding hydrogens is 329 g/mol. The van der Waals surface area contributed by atoms with Crippen LogP contribution < -0.4 is 4.74 Å². The molecule has 0 spiro atoms. The summed E-state index contributed by atoms with van der Waals surface area (Å²) in [6.07, 6.45) is 2.64. The second-order valence-electron chi connectivity index (χ2n) is 5.59. The number of H-pyrrole nitrogens is 1. The summed E-state index contributed by atoms with van der Waals surface area (Å²) in [5.41, 5.74) is 2.08. The lowest BCUT2D eigenvalue weighted by atomic mass is 10.0. The summed E-state index contributed by atoms with van der Waals surface area (Å²) in [5, 5.41) is 1.43. The highest BCUT2D eigenvalue weighted by Gasteiger charge is 2.16. The van der Waals surface area contributed by atoms with E-state index in [1.807, 2.05) is 13.0 Å². The van der Waals surface area contributed by atoms with Crippen LogP contribution >= 0.6 is 11.6 Å². The Morgan fingerprint density at radius 2 is 2.08 bits per heavy atom. The van der Waals surface area contributed by atoms with Gasteiger partial charge in [0.25, 0.3) is 0 Å². The van der Waals surface area contributed by atoms with E-state index in [0.29, 0.717) is 28.5 Å². The van der Waals surface area contributed by atoms with Crippen molar-refractivity contribution in [3.8, 4) is 5.75 Å². The molecule has 0 unspecified atom stereocenters. The first-order chi connectivity index (χ1) is 11.6. The molecule has 1 N–H and O–H groups in total. The number of carbonyl (C=O) groups is 1. The maximum atomic E-state index is 13.4. The number of halogens is 2. The van der Waals surface area contributed by atoms with Crippen LogP contribution in [-0.2, 0) is 6.42 Å². The summed E-state index contributed by atoms with van der Waals surface area (Å²) in [4.78, 5) is 15.7. The van der Waals surface area contributed by atoms with Gasteiger partial charge in [0.1, 0.15) is 11.6 Å². The summed E-state index contributed by atoms with van der Waals surface area (Å²) >= 11 is 5.96. The molecule has 0 aliphatic carbocycles. The SMILES string of the molecule is CCCOc1cc(F)ccc1CC(=O)c1c[nH]c2cc(Cl)ccc12. The number of nitrogens with one attached hydrogen (secondary N) is 1. The van der Waals surface area contributed by atoms with Gasteiger partial charge in [-0.2, -0.15) is 0 Å². The Balaban J connectivity index is 1.88. The molecule has 0 amide bonds. The molecule has 2 aromatic carbocycles. The van der Waals surface area contributed by atoms with Gasteiger partial charge in [-0.15, -0.1) is 0 Å². The number of fused-ring (bicyclic) bond motifs is 1. The molecule has 1 aromatic heterocycles. The van der Waals surface area contributed by atoms with Crippen LogP contribution in [0.25, 0.3) is 10.9 Å². The Morgan fingerprint density at radius 1 is 1.25 bits per heavy atom. The van der Waals surface area contributed by atoms with E-state index < -0.39 is 0 Å². The molecule has 24 heavy (non-hydrogen) atoms. The number of Topliss-reactive ketones (excluding diaryl/α,β-unsaturated/α-hetero) is 1. The van der Waals surface area contributed by atoms with Crippen molar-refractivity contribution < 1.29 is 13.9 Å². The van der Waals surface area contributed by atoms with Crippen molar-refractivity contribution in [3.63, 3.8) is 0 Å². The van der Waals surface area contributed by atoms with E-state index in [9.17, 15) is 9.18 Å². The second kappa shape index (κ2) is 7.05. The molecule has 0 bridgehead atoms. The van der Waals surface area contributed by atoms with E-state index in [1.165, 1.54) is 12.1 Å². The van der Waals surface area contributed by atoms with E-state index >= 15 is 0 Å². The van der Waals surface area contributed by atoms with E-state index in [4.69, 9.17) is 16.3 Å². The molecule has 0 aliphatic rings. The third kappa shape index (κ3) is 3.44. The smallest absolute Gasteiger partial charge is 0.169 e. The van der Waals surface area contributed by atoms with Gasteiger partial charge in [0.15, 0.2) is 5.78 Å². The molecule has 0 saturated heterocycles. The van der Waals surface area contributed by atoms with Crippen molar-refractivity contribution in [1.82, 2.24) is 4.98 Å². The minimum Gasteiger partial charge on any atom is -0.493 e. The molecule has 1 heterocycles. The predicted octanol–water partition coefficient (Wildman–Crippen LogP) is 5.17. The first-order valence-electron chi connectivity index (χ1n) is 7.79. The van der Waals surface area contributed by atoms with E-state index in [0.717, 1.165) is 17.3 Å². The van der Waals surface area contributed by atoms with E-state index in [-0.39, 0.29) is 18.0 Å². The molecule has 3 nitrogen and oxygen atoms in total. The maximum Gasteiger partial charge on any atom is 0.169 e. The van der Waals surface area contributed by atoms with Crippen molar-refractivity contribution in [2.24, 2.45) is 0 Å². The average molecular weight is 346 g/mol. The number of benzene rings is 2. The van der Waals surface area contributed by atoms with Crippen molar-refractivity contribution in [2.75, 3.05) is 6.61 Å². The third-order valence-electron chi connectivity index (χ3n) is 3.79. The molecular formula is C19H17ClFNO2. The lowest BCUT2D eigenvalue weighted by molar-refractivity contribution is 0.0993. The normalized spacial score (nSPS) is 11.0. The van der Waals surface area contributed by atoms with Crippen molar-refractivity contribution in [1.29, 1.82) is 0 Å². The molecule has 0 radical (unpaired) electrons. The lowest BCUT2D eigenvalue weighted by Crippen LogP contribution is -2.06. The molecule has 0 saturated carbocycles. The number of rotatable bonds is 6. The number of carbonyl (C=O) groups excluding carboxylic acids is 1. The minimum absolute atomic E-state index is 0.0588. The lowest BCUT2D eigenvalue weighted by Gasteiger charge is -2.10. The van der Waals surface area contributed by atoms with Gasteiger partial charge in [-0.3, -0.25) is 4.79 Å². The maximum absolute atomic E-state index is 13.4. The highest BCUT2D eigenvalue weighted by atomic mass is 35.5. The Morgan fingerprint density at radius 3 is 2.88 bits per heavy atom. The van der Waals surface area contributed by atoms with Crippen molar-refractivity contribution >= 4 is 28.3 Å². The van der Waals surface area contributed by atoms with Crippen LogP contribution in [0, 0.1) is 5.82 Å². The van der Waals surface area contributed by atoms with Gasteiger partial charge in [-0.1, -0.05) is 30.7 Å². The number of ketones is 1. The number of hydrogen-bond acceptors (Lipinski definition) is 2. The molecule has 0 fully saturated rings. The topological polar surface area (TPSA) is 42.1 Å². The average Bonchev–Trinajstić information content (AvgIpc) is 2.98. The van der Waals surface area contributed by atoms with Crippen LogP contribution in [0.2, 0.25) is 5.02 Å². The van der Waals surface area contributed by atoms with Gasteiger partial charge < -0.3 is 9.72 Å². The van der Waals surface area contributed by atoms with Crippen molar-refractivity contribution in [3.05, 3.63) is 64.6 Å². The zero-order chi connectivity index (χ0) is 17.1. The van der Waals surface area contributed by atoms with E-state index in [2.05, 4.69) is 4.98 Å². The van der Waals surface area contributed by atoms with Gasteiger partial charge in [0.05, 0.1) is 6.61 Å². The van der Waals surface area contributed by atoms with Crippen LogP contribution in [0.3, 0.4) is 0 Å². The molecule has 3 aromatic rings. The van der Waals surface area contributed by atoms with Gasteiger partial charge in [-0.25, -0.2) is 4.39 Å². The third-order valence-corrected chi connectivity index (χ3v) is 4.02. The molecule has 0 aliphatic heterocycles. The fourth-order valence-corrected chi connectivity index (χ4v) is 2.79. The minimum atomic E-state index is -0.376. The number of ether oxygens (including phenoxy) is 1. The zero-order valence-electron chi connectivity index (χ0n) is 13.2. The first kappa shape index (κ1) is 16.5. The van der Waals surface area contributed by atoms with Crippen molar-refractivity contribution in [2.45, 2.75) is 19.8 Å². The molecule has 124 valence electrons. The summed E-state index contributed by atoms with van der Waals surface area (Å²) in [7, 11) is 0. The summed E-state index contributed by atoms with van der Waals surface area (Å²) in [6.45, 7) is 2.46. The quantitative estimate of drug-likeness (QED) is 0.626. The predicted molar refractivity (Wildman–Crippen MR) is 93.5 cm³/mol. The van der Waals surface area contributed by atoms with Gasteiger partial charge >= 0.3 is 0 Å². The Bertz CT molecular complexity index is 888. The Hall–Kier alpha value is -2.33.